The van der Waals surface area contributed by atoms with Crippen LogP contribution in [0.2, 0.25) is 0 Å². The molecule has 28 heavy (non-hydrogen) atoms. The third-order valence-corrected chi connectivity index (χ3v) is 3.78. The van der Waals surface area contributed by atoms with E-state index in [9.17, 15) is 9.59 Å². The number of nitrogens with one attached hydrogen (secondary N) is 2. The van der Waals surface area contributed by atoms with Gasteiger partial charge in [-0.1, -0.05) is 30.3 Å². The summed E-state index contributed by atoms with van der Waals surface area (Å²) >= 11 is 0. The summed E-state index contributed by atoms with van der Waals surface area (Å²) in [7, 11) is 0. The van der Waals surface area contributed by atoms with Gasteiger partial charge in [0.2, 0.25) is 0 Å². The van der Waals surface area contributed by atoms with Crippen LogP contribution in [0.1, 0.15) is 34.7 Å². The standard InChI is InChI=1S/C22H21N3O3/c1-15(2)24-21(26)16-12-13-23-19(14-16)22(27)25-18-10-6-7-11-20(18)28-17-8-4-3-5-9-17/h3-15H,1-2H3,(H,24,26)(H,25,27). The monoisotopic (exact) mass is 375 g/mol. The molecule has 6 heteroatoms. The van der Waals surface area contributed by atoms with Gasteiger partial charge in [0.15, 0.2) is 5.75 Å². The van der Waals surface area contributed by atoms with Gasteiger partial charge in [-0.25, -0.2) is 0 Å². The minimum atomic E-state index is -0.427. The van der Waals surface area contributed by atoms with Crippen LogP contribution >= 0.6 is 0 Å². The maximum Gasteiger partial charge on any atom is 0.274 e. The third-order valence-electron chi connectivity index (χ3n) is 3.78. The van der Waals surface area contributed by atoms with Crippen LogP contribution in [-0.2, 0) is 0 Å². The van der Waals surface area contributed by atoms with Gasteiger partial charge in [0.1, 0.15) is 11.4 Å². The fourth-order valence-corrected chi connectivity index (χ4v) is 2.50. The maximum atomic E-state index is 12.7. The number of para-hydroxylation sites is 3. The van der Waals surface area contributed by atoms with Crippen LogP contribution in [0.15, 0.2) is 72.9 Å². The Kier molecular flexibility index (Phi) is 6.01. The zero-order chi connectivity index (χ0) is 19.9. The summed E-state index contributed by atoms with van der Waals surface area (Å²) in [6.45, 7) is 3.74. The smallest absolute Gasteiger partial charge is 0.274 e. The van der Waals surface area contributed by atoms with E-state index in [1.807, 2.05) is 50.2 Å². The highest BCUT2D eigenvalue weighted by molar-refractivity contribution is 6.05. The second-order valence-electron chi connectivity index (χ2n) is 6.42. The fourth-order valence-electron chi connectivity index (χ4n) is 2.50. The lowest BCUT2D eigenvalue weighted by Gasteiger charge is -2.12. The number of anilines is 1. The van der Waals surface area contributed by atoms with E-state index in [2.05, 4.69) is 15.6 Å². The maximum absolute atomic E-state index is 12.7. The summed E-state index contributed by atoms with van der Waals surface area (Å²) in [6, 6.07) is 19.5. The van der Waals surface area contributed by atoms with Gasteiger partial charge in [-0.3, -0.25) is 14.6 Å². The molecule has 0 atom stereocenters. The molecule has 3 aromatic rings. The van der Waals surface area contributed by atoms with Crippen LogP contribution < -0.4 is 15.4 Å². The Morgan fingerprint density at radius 3 is 2.39 bits per heavy atom. The van der Waals surface area contributed by atoms with Crippen LogP contribution in [0.4, 0.5) is 5.69 Å². The van der Waals surface area contributed by atoms with Crippen molar-refractivity contribution in [3.63, 3.8) is 0 Å². The molecule has 0 saturated heterocycles. The van der Waals surface area contributed by atoms with Crippen molar-refractivity contribution in [3.8, 4) is 11.5 Å². The molecule has 0 aliphatic carbocycles. The fraction of sp³-hybridized carbons (Fsp3) is 0.136. The molecule has 0 aliphatic rings. The highest BCUT2D eigenvalue weighted by atomic mass is 16.5. The van der Waals surface area contributed by atoms with E-state index in [1.54, 1.807) is 24.3 Å². The average molecular weight is 375 g/mol. The molecule has 0 spiro atoms. The Morgan fingerprint density at radius 1 is 0.929 bits per heavy atom. The van der Waals surface area contributed by atoms with Crippen LogP contribution in [0.5, 0.6) is 11.5 Å². The molecule has 142 valence electrons. The lowest BCUT2D eigenvalue weighted by atomic mass is 10.2. The Balaban J connectivity index is 1.78. The zero-order valence-corrected chi connectivity index (χ0v) is 15.7. The molecule has 0 radical (unpaired) electrons. The number of rotatable bonds is 6. The van der Waals surface area contributed by atoms with Crippen LogP contribution in [0, 0.1) is 0 Å². The summed E-state index contributed by atoms with van der Waals surface area (Å²) in [5.41, 5.74) is 1.03. The van der Waals surface area contributed by atoms with Gasteiger partial charge in [-0.05, 0) is 50.2 Å². The van der Waals surface area contributed by atoms with Gasteiger partial charge in [0.05, 0.1) is 5.69 Å². The molecule has 0 saturated carbocycles. The number of amides is 2. The molecule has 2 aromatic carbocycles. The number of aromatic nitrogens is 1. The summed E-state index contributed by atoms with van der Waals surface area (Å²) in [5.74, 6) is 0.494. The SMILES string of the molecule is CC(C)NC(=O)c1ccnc(C(=O)Nc2ccccc2Oc2ccccc2)c1. The third kappa shape index (κ3) is 4.94. The second-order valence-corrected chi connectivity index (χ2v) is 6.42. The first-order valence-electron chi connectivity index (χ1n) is 8.93. The van der Waals surface area contributed by atoms with E-state index in [0.29, 0.717) is 22.7 Å². The average Bonchev–Trinajstić information content (AvgIpc) is 2.70. The highest BCUT2D eigenvalue weighted by Gasteiger charge is 2.14. The van der Waals surface area contributed by atoms with Crippen molar-refractivity contribution < 1.29 is 14.3 Å². The van der Waals surface area contributed by atoms with Crippen LogP contribution in [0.3, 0.4) is 0 Å². The van der Waals surface area contributed by atoms with Crippen LogP contribution in [-0.4, -0.2) is 22.8 Å². The number of hydrogen-bond acceptors (Lipinski definition) is 4. The summed E-state index contributed by atoms with van der Waals surface area (Å²) in [5, 5.41) is 5.59. The van der Waals surface area contributed by atoms with Gasteiger partial charge in [-0.2, -0.15) is 0 Å². The van der Waals surface area contributed by atoms with Crippen molar-refractivity contribution in [3.05, 3.63) is 84.2 Å². The number of carbonyl (C=O) groups excluding carboxylic acids is 2. The van der Waals surface area contributed by atoms with Gasteiger partial charge < -0.3 is 15.4 Å². The van der Waals surface area contributed by atoms with Crippen molar-refractivity contribution in [2.24, 2.45) is 0 Å². The van der Waals surface area contributed by atoms with Crippen molar-refractivity contribution in [1.29, 1.82) is 0 Å². The summed E-state index contributed by atoms with van der Waals surface area (Å²) in [4.78, 5) is 28.9. The molecule has 0 fully saturated rings. The predicted octanol–water partition coefficient (Wildman–Crippen LogP) is 4.26. The number of pyridine rings is 1. The van der Waals surface area contributed by atoms with Crippen molar-refractivity contribution in [1.82, 2.24) is 10.3 Å². The number of ether oxygens (including phenoxy) is 1. The van der Waals surface area contributed by atoms with Crippen LogP contribution in [0.25, 0.3) is 0 Å². The van der Waals surface area contributed by atoms with E-state index in [0.717, 1.165) is 0 Å². The van der Waals surface area contributed by atoms with E-state index in [4.69, 9.17) is 4.74 Å². The first-order chi connectivity index (χ1) is 13.5. The molecular weight excluding hydrogens is 354 g/mol. The molecule has 1 aromatic heterocycles. The molecule has 0 aliphatic heterocycles. The molecule has 1 heterocycles. The number of carbonyl (C=O) groups is 2. The number of benzene rings is 2. The summed E-state index contributed by atoms with van der Waals surface area (Å²) in [6.07, 6.45) is 1.44. The quantitative estimate of drug-likeness (QED) is 0.674. The first-order valence-corrected chi connectivity index (χ1v) is 8.93. The Morgan fingerprint density at radius 2 is 1.64 bits per heavy atom. The zero-order valence-electron chi connectivity index (χ0n) is 15.7. The largest absolute Gasteiger partial charge is 0.455 e. The number of hydrogen-bond donors (Lipinski definition) is 2. The Bertz CT molecular complexity index is 972. The predicted molar refractivity (Wildman–Crippen MR) is 108 cm³/mol. The normalized spacial score (nSPS) is 10.4. The van der Waals surface area contributed by atoms with Crippen molar-refractivity contribution in [2.75, 3.05) is 5.32 Å². The van der Waals surface area contributed by atoms with Gasteiger partial charge >= 0.3 is 0 Å². The lowest BCUT2D eigenvalue weighted by molar-refractivity contribution is 0.0943. The molecular formula is C22H21N3O3. The first kappa shape index (κ1) is 19.1. The minimum Gasteiger partial charge on any atom is -0.455 e. The van der Waals surface area contributed by atoms with Gasteiger partial charge in [-0.15, -0.1) is 0 Å². The van der Waals surface area contributed by atoms with E-state index in [-0.39, 0.29) is 17.6 Å². The Labute approximate surface area is 163 Å². The molecule has 3 rings (SSSR count). The minimum absolute atomic E-state index is 0.0000425. The Hall–Kier alpha value is -3.67. The molecule has 2 amide bonds. The lowest BCUT2D eigenvalue weighted by Crippen LogP contribution is -2.30. The van der Waals surface area contributed by atoms with Gasteiger partial charge in [0.25, 0.3) is 11.8 Å². The molecule has 0 unspecified atom stereocenters. The topological polar surface area (TPSA) is 80.3 Å². The summed E-state index contributed by atoms with van der Waals surface area (Å²) < 4.78 is 5.85. The van der Waals surface area contributed by atoms with Crippen molar-refractivity contribution >= 4 is 17.5 Å². The highest BCUT2D eigenvalue weighted by Crippen LogP contribution is 2.29. The number of nitrogens with zero attached hydrogens (tertiary/aromatic N) is 1. The van der Waals surface area contributed by atoms with E-state index < -0.39 is 5.91 Å². The molecule has 6 nitrogen and oxygen atoms in total. The molecule has 2 N–H and O–H groups in total. The van der Waals surface area contributed by atoms with Gasteiger partial charge in [0, 0.05) is 17.8 Å². The van der Waals surface area contributed by atoms with Crippen molar-refractivity contribution in [2.45, 2.75) is 19.9 Å². The van der Waals surface area contributed by atoms with E-state index >= 15 is 0 Å². The second kappa shape index (κ2) is 8.81. The molecule has 0 bridgehead atoms. The van der Waals surface area contributed by atoms with E-state index in [1.165, 1.54) is 12.3 Å².